The molecule has 178 valence electrons. The number of benzene rings is 3. The van der Waals surface area contributed by atoms with Crippen molar-refractivity contribution in [2.45, 2.75) is 18.6 Å². The molecule has 5 rings (SSSR count). The standard InChI is InChI=1S/C26H18ClF3N2O3/c27-22-19(12-15-7-3-6-14-5-1-2-10-18(14)15)21(16-8-4-9-17(11-16)26(28,29)30)23-31-13-20(25(34)35)32(23)24(22)33/h1-11,20,31H,12-13H2,(H,34,35). The molecule has 0 saturated carbocycles. The van der Waals surface area contributed by atoms with Crippen molar-refractivity contribution >= 4 is 34.2 Å². The Balaban J connectivity index is 1.80. The lowest BCUT2D eigenvalue weighted by atomic mass is 9.92. The van der Waals surface area contributed by atoms with Crippen LogP contribution in [0.25, 0.3) is 21.9 Å². The van der Waals surface area contributed by atoms with Gasteiger partial charge in [-0.05, 0) is 39.6 Å². The number of carboxylic acids is 1. The van der Waals surface area contributed by atoms with Crippen molar-refractivity contribution in [3.8, 4) is 11.1 Å². The summed E-state index contributed by atoms with van der Waals surface area (Å²) in [5, 5.41) is 14.2. The molecule has 1 aliphatic rings. The Morgan fingerprint density at radius 3 is 2.54 bits per heavy atom. The van der Waals surface area contributed by atoms with E-state index >= 15 is 0 Å². The molecule has 3 aromatic carbocycles. The van der Waals surface area contributed by atoms with Crippen LogP contribution in [0, 0.1) is 0 Å². The quantitative estimate of drug-likeness (QED) is 0.363. The van der Waals surface area contributed by atoms with Crippen LogP contribution in [0.15, 0.2) is 71.5 Å². The lowest BCUT2D eigenvalue weighted by molar-refractivity contribution is -0.140. The highest BCUT2D eigenvalue weighted by molar-refractivity contribution is 6.32. The molecular weight excluding hydrogens is 481 g/mol. The molecule has 35 heavy (non-hydrogen) atoms. The third-order valence-corrected chi connectivity index (χ3v) is 6.63. The molecular formula is C26H18ClF3N2O3. The van der Waals surface area contributed by atoms with Crippen molar-refractivity contribution in [3.05, 3.63) is 98.8 Å². The molecule has 0 fully saturated rings. The third kappa shape index (κ3) is 3.93. The smallest absolute Gasteiger partial charge is 0.416 e. The molecule has 0 amide bonds. The lowest BCUT2D eigenvalue weighted by Crippen LogP contribution is -2.29. The number of hydrogen-bond acceptors (Lipinski definition) is 3. The van der Waals surface area contributed by atoms with Crippen LogP contribution in [0.4, 0.5) is 19.0 Å². The highest BCUT2D eigenvalue weighted by Gasteiger charge is 2.35. The van der Waals surface area contributed by atoms with Crippen LogP contribution >= 0.6 is 11.6 Å². The number of carboxylic acid groups (broad SMARTS) is 1. The van der Waals surface area contributed by atoms with Crippen molar-refractivity contribution in [2.75, 3.05) is 11.9 Å². The molecule has 1 aromatic heterocycles. The molecule has 2 N–H and O–H groups in total. The summed E-state index contributed by atoms with van der Waals surface area (Å²) in [6, 6.07) is 16.8. The average Bonchev–Trinajstić information content (AvgIpc) is 3.27. The summed E-state index contributed by atoms with van der Waals surface area (Å²) in [5.41, 5.74) is 0.0501. The van der Waals surface area contributed by atoms with E-state index in [1.165, 1.54) is 12.1 Å². The highest BCUT2D eigenvalue weighted by Crippen LogP contribution is 2.41. The van der Waals surface area contributed by atoms with Gasteiger partial charge in [0.25, 0.3) is 5.56 Å². The van der Waals surface area contributed by atoms with E-state index in [4.69, 9.17) is 11.6 Å². The van der Waals surface area contributed by atoms with Gasteiger partial charge in [-0.1, -0.05) is 66.2 Å². The molecule has 1 atom stereocenters. The first kappa shape index (κ1) is 23.0. The summed E-state index contributed by atoms with van der Waals surface area (Å²) in [5.74, 6) is -1.10. The second-order valence-electron chi connectivity index (χ2n) is 8.32. The first-order valence-electron chi connectivity index (χ1n) is 10.7. The van der Waals surface area contributed by atoms with Gasteiger partial charge in [0.1, 0.15) is 10.8 Å². The zero-order valence-electron chi connectivity index (χ0n) is 18.1. The molecule has 0 aliphatic carbocycles. The molecule has 1 unspecified atom stereocenters. The normalized spacial score (nSPS) is 15.1. The van der Waals surface area contributed by atoms with E-state index in [1.54, 1.807) is 0 Å². The predicted molar refractivity (Wildman–Crippen MR) is 128 cm³/mol. The zero-order valence-corrected chi connectivity index (χ0v) is 18.8. The second kappa shape index (κ2) is 8.46. The van der Waals surface area contributed by atoms with E-state index in [9.17, 15) is 27.9 Å². The van der Waals surface area contributed by atoms with E-state index in [1.807, 2.05) is 42.5 Å². The number of carbonyl (C=O) groups is 1. The van der Waals surface area contributed by atoms with Crippen molar-refractivity contribution in [3.63, 3.8) is 0 Å². The van der Waals surface area contributed by atoms with Crippen LogP contribution in [0.5, 0.6) is 0 Å². The number of nitrogens with zero attached hydrogens (tertiary/aromatic N) is 1. The van der Waals surface area contributed by atoms with Crippen molar-refractivity contribution in [1.82, 2.24) is 4.57 Å². The molecule has 0 radical (unpaired) electrons. The molecule has 4 aromatic rings. The molecule has 0 spiro atoms. The zero-order chi connectivity index (χ0) is 24.9. The fraction of sp³-hybridized carbons (Fsp3) is 0.154. The first-order valence-corrected chi connectivity index (χ1v) is 11.1. The second-order valence-corrected chi connectivity index (χ2v) is 8.70. The summed E-state index contributed by atoms with van der Waals surface area (Å²) in [6.07, 6.45) is -4.42. The molecule has 0 saturated heterocycles. The van der Waals surface area contributed by atoms with Gasteiger partial charge in [-0.3, -0.25) is 9.36 Å². The van der Waals surface area contributed by atoms with Crippen molar-refractivity contribution in [2.24, 2.45) is 0 Å². The number of nitrogens with one attached hydrogen (secondary N) is 1. The van der Waals surface area contributed by atoms with E-state index in [0.717, 1.165) is 33.0 Å². The average molecular weight is 499 g/mol. The molecule has 2 heterocycles. The van der Waals surface area contributed by atoms with Crippen LogP contribution in [0.3, 0.4) is 0 Å². The van der Waals surface area contributed by atoms with Crippen LogP contribution < -0.4 is 10.9 Å². The van der Waals surface area contributed by atoms with Gasteiger partial charge in [0.15, 0.2) is 6.04 Å². The summed E-state index contributed by atoms with van der Waals surface area (Å²) < 4.78 is 41.6. The molecule has 0 bridgehead atoms. The Labute approximate surface area is 202 Å². The monoisotopic (exact) mass is 498 g/mol. The van der Waals surface area contributed by atoms with Gasteiger partial charge in [-0.15, -0.1) is 0 Å². The van der Waals surface area contributed by atoms with Crippen molar-refractivity contribution < 1.29 is 23.1 Å². The summed E-state index contributed by atoms with van der Waals surface area (Å²) in [6.45, 7) is -0.0927. The van der Waals surface area contributed by atoms with E-state index in [2.05, 4.69) is 5.32 Å². The number of aliphatic carboxylic acids is 1. The fourth-order valence-electron chi connectivity index (χ4n) is 4.63. The minimum Gasteiger partial charge on any atom is -0.480 e. The van der Waals surface area contributed by atoms with Gasteiger partial charge >= 0.3 is 12.1 Å². The Kier molecular flexibility index (Phi) is 5.56. The number of halogens is 4. The van der Waals surface area contributed by atoms with Gasteiger partial charge in [0.05, 0.1) is 5.56 Å². The number of pyridine rings is 1. The lowest BCUT2D eigenvalue weighted by Gasteiger charge is -2.20. The maximum absolute atomic E-state index is 13.5. The van der Waals surface area contributed by atoms with Crippen LogP contribution in [0.2, 0.25) is 5.02 Å². The SMILES string of the molecule is O=C(O)C1CNc2c(-c3cccc(C(F)(F)F)c3)c(Cc3cccc4ccccc34)c(Cl)c(=O)n21. The topological polar surface area (TPSA) is 71.3 Å². The largest absolute Gasteiger partial charge is 0.480 e. The number of rotatable bonds is 4. The number of aromatic nitrogens is 1. The predicted octanol–water partition coefficient (Wildman–Crippen LogP) is 5.98. The highest BCUT2D eigenvalue weighted by atomic mass is 35.5. The molecule has 9 heteroatoms. The number of hydrogen-bond donors (Lipinski definition) is 2. The Morgan fingerprint density at radius 1 is 1.09 bits per heavy atom. The Hall–Kier alpha value is -3.78. The van der Waals surface area contributed by atoms with Crippen LogP contribution in [0.1, 0.15) is 22.7 Å². The summed E-state index contributed by atoms with van der Waals surface area (Å²) in [4.78, 5) is 25.0. The van der Waals surface area contributed by atoms with Gasteiger partial charge in [-0.25, -0.2) is 4.79 Å². The fourth-order valence-corrected chi connectivity index (χ4v) is 4.88. The van der Waals surface area contributed by atoms with Gasteiger partial charge < -0.3 is 10.4 Å². The van der Waals surface area contributed by atoms with Crippen molar-refractivity contribution in [1.29, 1.82) is 0 Å². The van der Waals surface area contributed by atoms with Crippen LogP contribution in [-0.4, -0.2) is 22.2 Å². The number of fused-ring (bicyclic) bond motifs is 2. The first-order chi connectivity index (χ1) is 16.7. The summed E-state index contributed by atoms with van der Waals surface area (Å²) in [7, 11) is 0. The Morgan fingerprint density at radius 2 is 1.80 bits per heavy atom. The maximum atomic E-state index is 13.5. The van der Waals surface area contributed by atoms with Gasteiger partial charge in [0.2, 0.25) is 0 Å². The minimum absolute atomic E-state index is 0.0927. The number of alkyl halides is 3. The van der Waals surface area contributed by atoms with E-state index in [-0.39, 0.29) is 34.9 Å². The maximum Gasteiger partial charge on any atom is 0.416 e. The molecule has 5 nitrogen and oxygen atoms in total. The third-order valence-electron chi connectivity index (χ3n) is 6.24. The van der Waals surface area contributed by atoms with Crippen LogP contribution in [-0.2, 0) is 17.4 Å². The minimum atomic E-state index is -4.58. The van der Waals surface area contributed by atoms with E-state index in [0.29, 0.717) is 5.56 Å². The summed E-state index contributed by atoms with van der Waals surface area (Å²) >= 11 is 6.56. The number of anilines is 1. The molecule has 1 aliphatic heterocycles. The Bertz CT molecular complexity index is 1540. The van der Waals surface area contributed by atoms with Gasteiger partial charge in [-0.2, -0.15) is 13.2 Å². The van der Waals surface area contributed by atoms with Gasteiger partial charge in [0, 0.05) is 18.5 Å². The van der Waals surface area contributed by atoms with E-state index < -0.39 is 29.3 Å².